The Labute approximate surface area is 97.3 Å². The minimum absolute atomic E-state index is 0.156. The number of nitrogens with zero attached hydrogens (tertiary/aromatic N) is 3. The first-order valence-electron chi connectivity index (χ1n) is 5.04. The molecule has 17 heavy (non-hydrogen) atoms. The summed E-state index contributed by atoms with van der Waals surface area (Å²) in [6, 6.07) is 4.28. The van der Waals surface area contributed by atoms with Gasteiger partial charge in [-0.2, -0.15) is 5.10 Å². The maximum absolute atomic E-state index is 13.8. The van der Waals surface area contributed by atoms with Crippen molar-refractivity contribution in [1.82, 2.24) is 20.1 Å². The molecule has 0 amide bonds. The molecule has 1 aromatic heterocycles. The SMILES string of the molecule is CNCC(=O)c1ccc(-n2cncn2)c(F)c1. The lowest BCUT2D eigenvalue weighted by Crippen LogP contribution is -2.18. The molecule has 0 saturated carbocycles. The molecule has 1 aromatic carbocycles. The Morgan fingerprint density at radius 2 is 2.35 bits per heavy atom. The van der Waals surface area contributed by atoms with Gasteiger partial charge >= 0.3 is 0 Å². The van der Waals surface area contributed by atoms with Crippen LogP contribution in [-0.4, -0.2) is 34.1 Å². The topological polar surface area (TPSA) is 59.8 Å². The van der Waals surface area contributed by atoms with E-state index in [-0.39, 0.29) is 18.0 Å². The molecule has 0 radical (unpaired) electrons. The van der Waals surface area contributed by atoms with Crippen LogP contribution in [0, 0.1) is 5.82 Å². The van der Waals surface area contributed by atoms with Crippen molar-refractivity contribution in [1.29, 1.82) is 0 Å². The quantitative estimate of drug-likeness (QED) is 0.795. The lowest BCUT2D eigenvalue weighted by atomic mass is 10.1. The van der Waals surface area contributed by atoms with Crippen molar-refractivity contribution in [2.24, 2.45) is 0 Å². The van der Waals surface area contributed by atoms with Crippen LogP contribution in [-0.2, 0) is 0 Å². The minimum atomic E-state index is -0.502. The Balaban J connectivity index is 2.32. The van der Waals surface area contributed by atoms with Crippen LogP contribution < -0.4 is 5.32 Å². The molecule has 1 heterocycles. The fourth-order valence-corrected chi connectivity index (χ4v) is 1.46. The first kappa shape index (κ1) is 11.4. The molecule has 1 N–H and O–H groups in total. The summed E-state index contributed by atoms with van der Waals surface area (Å²) in [5.74, 6) is -0.658. The van der Waals surface area contributed by atoms with Crippen LogP contribution in [0.15, 0.2) is 30.9 Å². The van der Waals surface area contributed by atoms with Gasteiger partial charge in [-0.25, -0.2) is 14.1 Å². The summed E-state index contributed by atoms with van der Waals surface area (Å²) in [5, 5.41) is 6.55. The average molecular weight is 234 g/mol. The van der Waals surface area contributed by atoms with Gasteiger partial charge in [0.2, 0.25) is 0 Å². The molecule has 5 nitrogen and oxygen atoms in total. The third kappa shape index (κ3) is 2.36. The van der Waals surface area contributed by atoms with Crippen molar-refractivity contribution in [3.63, 3.8) is 0 Å². The van der Waals surface area contributed by atoms with Crippen LogP contribution in [0.5, 0.6) is 0 Å². The first-order chi connectivity index (χ1) is 8.22. The van der Waals surface area contributed by atoms with Gasteiger partial charge in [0.05, 0.1) is 6.54 Å². The summed E-state index contributed by atoms with van der Waals surface area (Å²) in [5.41, 5.74) is 0.601. The molecule has 88 valence electrons. The Bertz CT molecular complexity index is 524. The van der Waals surface area contributed by atoms with Gasteiger partial charge in [0.15, 0.2) is 5.78 Å². The Hall–Kier alpha value is -2.08. The predicted octanol–water partition coefficient (Wildman–Crippen LogP) is 0.809. The number of rotatable bonds is 4. The number of halogens is 1. The molecule has 0 bridgehead atoms. The van der Waals surface area contributed by atoms with Crippen molar-refractivity contribution in [3.05, 3.63) is 42.2 Å². The zero-order chi connectivity index (χ0) is 12.3. The average Bonchev–Trinajstić information content (AvgIpc) is 2.82. The summed E-state index contributed by atoms with van der Waals surface area (Å²) in [6.07, 6.45) is 2.72. The molecule has 0 spiro atoms. The molecule has 2 rings (SSSR count). The zero-order valence-electron chi connectivity index (χ0n) is 9.22. The number of ketones is 1. The minimum Gasteiger partial charge on any atom is -0.313 e. The summed E-state index contributed by atoms with van der Waals surface area (Å²) < 4.78 is 15.1. The van der Waals surface area contributed by atoms with Crippen molar-refractivity contribution in [2.75, 3.05) is 13.6 Å². The summed E-state index contributed by atoms with van der Waals surface area (Å²) in [7, 11) is 1.66. The van der Waals surface area contributed by atoms with Gasteiger partial charge < -0.3 is 5.32 Å². The number of hydrogen-bond donors (Lipinski definition) is 1. The maximum atomic E-state index is 13.8. The number of Topliss-reactive ketones (excluding diaryl/α,β-unsaturated/α-hetero) is 1. The van der Waals surface area contributed by atoms with E-state index in [1.54, 1.807) is 13.1 Å². The highest BCUT2D eigenvalue weighted by Crippen LogP contribution is 2.14. The smallest absolute Gasteiger partial charge is 0.176 e. The van der Waals surface area contributed by atoms with E-state index in [1.807, 2.05) is 0 Å². The lowest BCUT2D eigenvalue weighted by Gasteiger charge is -2.05. The maximum Gasteiger partial charge on any atom is 0.176 e. The number of nitrogens with one attached hydrogen (secondary N) is 1. The predicted molar refractivity (Wildman–Crippen MR) is 59.6 cm³/mol. The molecule has 6 heteroatoms. The summed E-state index contributed by atoms with van der Waals surface area (Å²) >= 11 is 0. The number of carbonyl (C=O) groups is 1. The van der Waals surface area contributed by atoms with Gasteiger partial charge in [-0.1, -0.05) is 0 Å². The van der Waals surface area contributed by atoms with Gasteiger partial charge in [0.1, 0.15) is 24.2 Å². The van der Waals surface area contributed by atoms with Crippen LogP contribution in [0.25, 0.3) is 5.69 Å². The summed E-state index contributed by atoms with van der Waals surface area (Å²) in [4.78, 5) is 15.3. The molecular formula is C11H11FN4O. The van der Waals surface area contributed by atoms with E-state index in [0.717, 1.165) is 0 Å². The number of carbonyl (C=O) groups excluding carboxylic acids is 1. The second-order valence-corrected chi connectivity index (χ2v) is 3.46. The molecule has 0 aliphatic rings. The highest BCUT2D eigenvalue weighted by atomic mass is 19.1. The van der Waals surface area contributed by atoms with E-state index in [0.29, 0.717) is 5.56 Å². The monoisotopic (exact) mass is 234 g/mol. The molecule has 0 fully saturated rings. The van der Waals surface area contributed by atoms with E-state index in [4.69, 9.17) is 0 Å². The largest absolute Gasteiger partial charge is 0.313 e. The summed E-state index contributed by atoms with van der Waals surface area (Å²) in [6.45, 7) is 0.183. The number of aromatic nitrogens is 3. The molecule has 0 unspecified atom stereocenters. The number of benzene rings is 1. The highest BCUT2D eigenvalue weighted by molar-refractivity contribution is 5.97. The van der Waals surface area contributed by atoms with E-state index >= 15 is 0 Å². The fourth-order valence-electron chi connectivity index (χ4n) is 1.46. The van der Waals surface area contributed by atoms with E-state index < -0.39 is 5.82 Å². The van der Waals surface area contributed by atoms with Crippen LogP contribution >= 0.6 is 0 Å². The fraction of sp³-hybridized carbons (Fsp3) is 0.182. The third-order valence-corrected chi connectivity index (χ3v) is 2.27. The second kappa shape index (κ2) is 4.84. The highest BCUT2D eigenvalue weighted by Gasteiger charge is 2.10. The van der Waals surface area contributed by atoms with Gasteiger partial charge in [0.25, 0.3) is 0 Å². The standard InChI is InChI=1S/C11H11FN4O/c1-13-5-11(17)8-2-3-10(9(12)4-8)16-7-14-6-15-16/h2-4,6-7,13H,5H2,1H3. The molecular weight excluding hydrogens is 223 g/mol. The van der Waals surface area contributed by atoms with Crippen molar-refractivity contribution < 1.29 is 9.18 Å². The number of likely N-dealkylation sites (N-methyl/N-ethyl adjacent to an activating group) is 1. The molecule has 0 aliphatic heterocycles. The van der Waals surface area contributed by atoms with Crippen molar-refractivity contribution >= 4 is 5.78 Å². The third-order valence-electron chi connectivity index (χ3n) is 2.27. The molecule has 2 aromatic rings. The zero-order valence-corrected chi connectivity index (χ0v) is 9.22. The lowest BCUT2D eigenvalue weighted by molar-refractivity contribution is 0.0993. The molecule has 0 atom stereocenters. The Morgan fingerprint density at radius 3 is 2.94 bits per heavy atom. The van der Waals surface area contributed by atoms with Crippen LogP contribution in [0.2, 0.25) is 0 Å². The normalized spacial score (nSPS) is 10.5. The number of hydrogen-bond acceptors (Lipinski definition) is 4. The van der Waals surface area contributed by atoms with Crippen molar-refractivity contribution in [3.8, 4) is 5.69 Å². The van der Waals surface area contributed by atoms with Crippen molar-refractivity contribution in [2.45, 2.75) is 0 Å². The van der Waals surface area contributed by atoms with E-state index in [1.165, 1.54) is 29.5 Å². The van der Waals surface area contributed by atoms with E-state index in [2.05, 4.69) is 15.4 Å². The first-order valence-corrected chi connectivity index (χ1v) is 5.04. The molecule has 0 aliphatic carbocycles. The van der Waals surface area contributed by atoms with Gasteiger partial charge in [-0.05, 0) is 25.2 Å². The van der Waals surface area contributed by atoms with Gasteiger partial charge in [0, 0.05) is 5.56 Å². The van der Waals surface area contributed by atoms with Crippen LogP contribution in [0.1, 0.15) is 10.4 Å². The van der Waals surface area contributed by atoms with E-state index in [9.17, 15) is 9.18 Å². The van der Waals surface area contributed by atoms with Crippen LogP contribution in [0.3, 0.4) is 0 Å². The van der Waals surface area contributed by atoms with Gasteiger partial charge in [-0.3, -0.25) is 4.79 Å². The second-order valence-electron chi connectivity index (χ2n) is 3.46. The Kier molecular flexibility index (Phi) is 3.24. The van der Waals surface area contributed by atoms with Crippen LogP contribution in [0.4, 0.5) is 4.39 Å². The Morgan fingerprint density at radius 1 is 1.53 bits per heavy atom. The molecule has 0 saturated heterocycles. The van der Waals surface area contributed by atoms with Gasteiger partial charge in [-0.15, -0.1) is 0 Å².